The lowest BCUT2D eigenvalue weighted by molar-refractivity contribution is 0.0696. The molecule has 0 spiro atoms. The number of benzene rings is 2. The molecule has 0 atom stereocenters. The zero-order valence-corrected chi connectivity index (χ0v) is 15.2. The lowest BCUT2D eigenvalue weighted by Crippen LogP contribution is -2.32. The van der Waals surface area contributed by atoms with Crippen molar-refractivity contribution in [2.75, 3.05) is 18.0 Å². The molecule has 2 aromatic rings. The van der Waals surface area contributed by atoms with Gasteiger partial charge in [-0.15, -0.1) is 0 Å². The van der Waals surface area contributed by atoms with E-state index in [0.717, 1.165) is 37.9 Å². The van der Waals surface area contributed by atoms with E-state index in [1.54, 1.807) is 6.07 Å². The first-order chi connectivity index (χ1) is 12.5. The van der Waals surface area contributed by atoms with E-state index < -0.39 is 16.0 Å². The average Bonchev–Trinajstić information content (AvgIpc) is 2.67. The van der Waals surface area contributed by atoms with Crippen LogP contribution in [0.2, 0.25) is 0 Å². The van der Waals surface area contributed by atoms with Crippen LogP contribution in [0.1, 0.15) is 35.2 Å². The van der Waals surface area contributed by atoms with Gasteiger partial charge in [-0.05, 0) is 43.0 Å². The van der Waals surface area contributed by atoms with Gasteiger partial charge in [-0.25, -0.2) is 17.9 Å². The van der Waals surface area contributed by atoms with E-state index in [1.165, 1.54) is 12.1 Å². The van der Waals surface area contributed by atoms with Crippen molar-refractivity contribution in [2.24, 2.45) is 0 Å². The van der Waals surface area contributed by atoms with Crippen LogP contribution < -0.4 is 9.62 Å². The van der Waals surface area contributed by atoms with E-state index in [-0.39, 0.29) is 17.0 Å². The molecule has 0 saturated carbocycles. The maximum atomic E-state index is 12.9. The second-order valence-corrected chi connectivity index (χ2v) is 8.08. The van der Waals surface area contributed by atoms with Crippen LogP contribution in [-0.4, -0.2) is 32.6 Å². The van der Waals surface area contributed by atoms with Crippen LogP contribution in [0.25, 0.3) is 0 Å². The quantitative estimate of drug-likeness (QED) is 0.812. The van der Waals surface area contributed by atoms with Gasteiger partial charge >= 0.3 is 5.97 Å². The molecule has 1 aliphatic heterocycles. The number of sulfonamides is 1. The van der Waals surface area contributed by atoms with E-state index in [9.17, 15) is 18.3 Å². The van der Waals surface area contributed by atoms with Gasteiger partial charge in [0.2, 0.25) is 10.0 Å². The first-order valence-corrected chi connectivity index (χ1v) is 10.1. The van der Waals surface area contributed by atoms with Crippen molar-refractivity contribution in [2.45, 2.75) is 30.7 Å². The first kappa shape index (κ1) is 18.4. The standard InChI is InChI=1S/C19H22N2O4S/c22-19(23)16-9-10-17(21-11-5-2-6-12-21)18(13-16)26(24,25)20-14-15-7-3-1-4-8-15/h1,3-4,7-10,13,20H,2,5-6,11-12,14H2,(H,22,23). The molecule has 0 bridgehead atoms. The molecule has 6 nitrogen and oxygen atoms in total. The molecule has 2 aromatic carbocycles. The van der Waals surface area contributed by atoms with Gasteiger partial charge in [0.05, 0.1) is 11.3 Å². The number of carboxylic acids is 1. The molecule has 1 saturated heterocycles. The van der Waals surface area contributed by atoms with Crippen molar-refractivity contribution in [1.29, 1.82) is 0 Å². The molecular formula is C19H22N2O4S. The number of piperidine rings is 1. The molecule has 3 rings (SSSR count). The Morgan fingerprint density at radius 3 is 2.38 bits per heavy atom. The molecule has 0 aliphatic carbocycles. The molecule has 0 aromatic heterocycles. The molecule has 1 fully saturated rings. The average molecular weight is 374 g/mol. The second kappa shape index (κ2) is 7.88. The van der Waals surface area contributed by atoms with Crippen LogP contribution in [0.4, 0.5) is 5.69 Å². The van der Waals surface area contributed by atoms with Gasteiger partial charge in [-0.2, -0.15) is 0 Å². The number of carboxylic acid groups (broad SMARTS) is 1. The number of nitrogens with zero attached hydrogens (tertiary/aromatic N) is 1. The van der Waals surface area contributed by atoms with Crippen molar-refractivity contribution in [3.05, 3.63) is 59.7 Å². The van der Waals surface area contributed by atoms with Crippen LogP contribution >= 0.6 is 0 Å². The fraction of sp³-hybridized carbons (Fsp3) is 0.316. The van der Waals surface area contributed by atoms with Crippen LogP contribution in [-0.2, 0) is 16.6 Å². The summed E-state index contributed by atoms with van der Waals surface area (Å²) in [5.41, 5.74) is 1.37. The summed E-state index contributed by atoms with van der Waals surface area (Å²) in [5, 5.41) is 9.26. The summed E-state index contributed by atoms with van der Waals surface area (Å²) >= 11 is 0. The van der Waals surface area contributed by atoms with Crippen molar-refractivity contribution >= 4 is 21.7 Å². The lowest BCUT2D eigenvalue weighted by atomic mass is 10.1. The Labute approximate surface area is 153 Å². The van der Waals surface area contributed by atoms with Crippen molar-refractivity contribution in [3.8, 4) is 0 Å². The molecule has 0 radical (unpaired) electrons. The summed E-state index contributed by atoms with van der Waals surface area (Å²) in [4.78, 5) is 13.4. The van der Waals surface area contributed by atoms with E-state index >= 15 is 0 Å². The summed E-state index contributed by atoms with van der Waals surface area (Å²) in [7, 11) is -3.85. The fourth-order valence-electron chi connectivity index (χ4n) is 3.11. The highest BCUT2D eigenvalue weighted by atomic mass is 32.2. The topological polar surface area (TPSA) is 86.7 Å². The van der Waals surface area contributed by atoms with Gasteiger partial charge in [-0.1, -0.05) is 30.3 Å². The number of nitrogens with one attached hydrogen (secondary N) is 1. The third-order valence-corrected chi connectivity index (χ3v) is 5.93. The minimum Gasteiger partial charge on any atom is -0.478 e. The number of hydrogen-bond acceptors (Lipinski definition) is 4. The van der Waals surface area contributed by atoms with Gasteiger partial charge < -0.3 is 10.0 Å². The van der Waals surface area contributed by atoms with E-state index in [1.807, 2.05) is 35.2 Å². The predicted octanol–water partition coefficient (Wildman–Crippen LogP) is 2.85. The van der Waals surface area contributed by atoms with Crippen LogP contribution in [0.15, 0.2) is 53.4 Å². The van der Waals surface area contributed by atoms with Crippen LogP contribution in [0, 0.1) is 0 Å². The smallest absolute Gasteiger partial charge is 0.335 e. The molecule has 0 unspecified atom stereocenters. The first-order valence-electron chi connectivity index (χ1n) is 8.63. The fourth-order valence-corrected chi connectivity index (χ4v) is 4.38. The molecular weight excluding hydrogens is 352 g/mol. The summed E-state index contributed by atoms with van der Waals surface area (Å²) in [6.45, 7) is 1.70. The lowest BCUT2D eigenvalue weighted by Gasteiger charge is -2.30. The van der Waals surface area contributed by atoms with Crippen LogP contribution in [0.5, 0.6) is 0 Å². The molecule has 26 heavy (non-hydrogen) atoms. The van der Waals surface area contributed by atoms with Crippen molar-refractivity contribution < 1.29 is 18.3 Å². The minimum absolute atomic E-state index is 0.0234. The molecule has 138 valence electrons. The van der Waals surface area contributed by atoms with Gasteiger partial charge in [0, 0.05) is 19.6 Å². The molecule has 7 heteroatoms. The van der Waals surface area contributed by atoms with E-state index in [2.05, 4.69) is 4.72 Å². The van der Waals surface area contributed by atoms with Gasteiger partial charge in [0.1, 0.15) is 4.90 Å². The van der Waals surface area contributed by atoms with Gasteiger partial charge in [0.25, 0.3) is 0 Å². The Hall–Kier alpha value is -2.38. The summed E-state index contributed by atoms with van der Waals surface area (Å²) in [6, 6.07) is 13.5. The number of aromatic carboxylic acids is 1. The summed E-state index contributed by atoms with van der Waals surface area (Å²) in [6.07, 6.45) is 3.12. The normalized spacial score (nSPS) is 15.0. The zero-order chi connectivity index (χ0) is 18.6. The van der Waals surface area contributed by atoms with Gasteiger partial charge in [0.15, 0.2) is 0 Å². The largest absolute Gasteiger partial charge is 0.478 e. The SMILES string of the molecule is O=C(O)c1ccc(N2CCCCC2)c(S(=O)(=O)NCc2ccccc2)c1. The Morgan fingerprint density at radius 2 is 1.73 bits per heavy atom. The monoisotopic (exact) mass is 374 g/mol. The highest BCUT2D eigenvalue weighted by Crippen LogP contribution is 2.29. The second-order valence-electron chi connectivity index (χ2n) is 6.35. The zero-order valence-electron chi connectivity index (χ0n) is 14.4. The maximum Gasteiger partial charge on any atom is 0.335 e. The highest BCUT2D eigenvalue weighted by Gasteiger charge is 2.24. The number of hydrogen-bond donors (Lipinski definition) is 2. The molecule has 2 N–H and O–H groups in total. The highest BCUT2D eigenvalue weighted by molar-refractivity contribution is 7.89. The third-order valence-electron chi connectivity index (χ3n) is 4.50. The summed E-state index contributed by atoms with van der Waals surface area (Å²) < 4.78 is 28.4. The van der Waals surface area contributed by atoms with E-state index in [4.69, 9.17) is 0 Å². The Morgan fingerprint density at radius 1 is 1.04 bits per heavy atom. The Kier molecular flexibility index (Phi) is 5.58. The number of rotatable bonds is 6. The summed E-state index contributed by atoms with van der Waals surface area (Å²) in [5.74, 6) is -1.14. The molecule has 0 amide bonds. The third kappa shape index (κ3) is 4.23. The van der Waals surface area contributed by atoms with E-state index in [0.29, 0.717) is 5.69 Å². The molecule has 1 heterocycles. The van der Waals surface area contributed by atoms with Crippen molar-refractivity contribution in [1.82, 2.24) is 4.72 Å². The predicted molar refractivity (Wildman–Crippen MR) is 99.9 cm³/mol. The number of carbonyl (C=O) groups is 1. The van der Waals surface area contributed by atoms with Crippen LogP contribution in [0.3, 0.4) is 0 Å². The molecule has 1 aliphatic rings. The maximum absolute atomic E-state index is 12.9. The minimum atomic E-state index is -3.85. The van der Waals surface area contributed by atoms with Gasteiger partial charge in [-0.3, -0.25) is 0 Å². The number of anilines is 1. The Bertz CT molecular complexity index is 876. The van der Waals surface area contributed by atoms with Crippen molar-refractivity contribution in [3.63, 3.8) is 0 Å². The Balaban J connectivity index is 1.93.